The Hall–Kier alpha value is -1.49. The van der Waals surface area contributed by atoms with Crippen molar-refractivity contribution in [2.45, 2.75) is 24.7 Å². The van der Waals surface area contributed by atoms with E-state index in [0.717, 1.165) is 30.0 Å². The van der Waals surface area contributed by atoms with Crippen molar-refractivity contribution in [3.8, 4) is 0 Å². The Labute approximate surface area is 125 Å². The number of nitrogens with zero attached hydrogens (tertiary/aromatic N) is 2. The zero-order valence-corrected chi connectivity index (χ0v) is 12.6. The van der Waals surface area contributed by atoms with Crippen LogP contribution in [-0.2, 0) is 16.0 Å². The Morgan fingerprint density at radius 2 is 1.65 bits per heavy atom. The maximum absolute atomic E-state index is 12.3. The average molecular weight is 292 g/mol. The monoisotopic (exact) mass is 292 g/mol. The summed E-state index contributed by atoms with van der Waals surface area (Å²) in [7, 11) is 0. The van der Waals surface area contributed by atoms with Crippen LogP contribution >= 0.6 is 12.6 Å². The van der Waals surface area contributed by atoms with Crippen molar-refractivity contribution in [2.24, 2.45) is 0 Å². The van der Waals surface area contributed by atoms with Gasteiger partial charge in [-0.15, -0.1) is 12.6 Å². The van der Waals surface area contributed by atoms with Crippen LogP contribution < -0.4 is 0 Å². The third-order valence-corrected chi connectivity index (χ3v) is 3.88. The van der Waals surface area contributed by atoms with Gasteiger partial charge in [0.05, 0.1) is 6.42 Å². The topological polar surface area (TPSA) is 40.6 Å². The molecule has 1 saturated heterocycles. The summed E-state index contributed by atoms with van der Waals surface area (Å²) in [6, 6.07) is 7.65. The van der Waals surface area contributed by atoms with E-state index in [9.17, 15) is 9.59 Å². The maximum Gasteiger partial charge on any atom is 0.227 e. The summed E-state index contributed by atoms with van der Waals surface area (Å²) in [5.41, 5.74) is 1.00. The molecule has 1 aliphatic rings. The first-order valence-corrected chi connectivity index (χ1v) is 7.32. The summed E-state index contributed by atoms with van der Waals surface area (Å²) in [4.78, 5) is 28.2. The van der Waals surface area contributed by atoms with Crippen molar-refractivity contribution in [3.63, 3.8) is 0 Å². The van der Waals surface area contributed by atoms with E-state index in [1.807, 2.05) is 34.1 Å². The molecule has 0 saturated carbocycles. The Morgan fingerprint density at radius 1 is 1.05 bits per heavy atom. The lowest BCUT2D eigenvalue weighted by atomic mass is 10.1. The van der Waals surface area contributed by atoms with Crippen molar-refractivity contribution < 1.29 is 9.59 Å². The number of thiol groups is 1. The number of carbonyl (C=O) groups excluding carboxylic acids is 2. The van der Waals surface area contributed by atoms with Gasteiger partial charge in [0, 0.05) is 38.0 Å². The number of hydrogen-bond acceptors (Lipinski definition) is 3. The quantitative estimate of drug-likeness (QED) is 0.841. The van der Waals surface area contributed by atoms with Crippen molar-refractivity contribution in [2.75, 3.05) is 26.2 Å². The molecule has 0 atom stereocenters. The molecule has 4 nitrogen and oxygen atoms in total. The second-order valence-corrected chi connectivity index (χ2v) is 5.60. The highest BCUT2D eigenvalue weighted by Gasteiger charge is 2.20. The zero-order valence-electron chi connectivity index (χ0n) is 11.7. The normalized spacial score (nSPS) is 15.9. The fraction of sp³-hybridized carbons (Fsp3) is 0.467. The Morgan fingerprint density at radius 3 is 2.30 bits per heavy atom. The van der Waals surface area contributed by atoms with Gasteiger partial charge in [0.25, 0.3) is 0 Å². The molecule has 108 valence electrons. The number of hydrogen-bond donors (Lipinski definition) is 1. The smallest absolute Gasteiger partial charge is 0.227 e. The molecule has 0 unspecified atom stereocenters. The van der Waals surface area contributed by atoms with Crippen LogP contribution in [-0.4, -0.2) is 47.8 Å². The van der Waals surface area contributed by atoms with E-state index < -0.39 is 0 Å². The molecule has 1 heterocycles. The number of rotatable bonds is 2. The molecule has 0 N–H and O–H groups in total. The van der Waals surface area contributed by atoms with Crippen molar-refractivity contribution in [1.82, 2.24) is 9.80 Å². The highest BCUT2D eigenvalue weighted by atomic mass is 32.1. The molecule has 2 rings (SSSR count). The molecule has 1 fully saturated rings. The van der Waals surface area contributed by atoms with Gasteiger partial charge in [-0.2, -0.15) is 0 Å². The summed E-state index contributed by atoms with van der Waals surface area (Å²) >= 11 is 4.23. The summed E-state index contributed by atoms with van der Waals surface area (Å²) in [6.07, 6.45) is 1.26. The van der Waals surface area contributed by atoms with E-state index in [4.69, 9.17) is 0 Å². The third-order valence-electron chi connectivity index (χ3n) is 3.59. The molecule has 20 heavy (non-hydrogen) atoms. The lowest BCUT2D eigenvalue weighted by Crippen LogP contribution is -2.37. The van der Waals surface area contributed by atoms with Gasteiger partial charge >= 0.3 is 0 Å². The minimum Gasteiger partial charge on any atom is -0.341 e. The van der Waals surface area contributed by atoms with E-state index in [1.165, 1.54) is 0 Å². The molecule has 1 aromatic carbocycles. The lowest BCUT2D eigenvalue weighted by Gasteiger charge is -2.21. The van der Waals surface area contributed by atoms with E-state index in [0.29, 0.717) is 19.5 Å². The maximum atomic E-state index is 12.3. The fourth-order valence-electron chi connectivity index (χ4n) is 2.38. The molecule has 0 bridgehead atoms. The third kappa shape index (κ3) is 4.00. The molecule has 0 aliphatic carbocycles. The van der Waals surface area contributed by atoms with Gasteiger partial charge in [-0.25, -0.2) is 0 Å². The molecule has 0 spiro atoms. The van der Waals surface area contributed by atoms with Crippen LogP contribution in [0.5, 0.6) is 0 Å². The standard InChI is InChI=1S/C15H20N2O2S/c1-12(18)16-7-2-8-17(10-9-16)15(19)11-13-3-5-14(20)6-4-13/h3-6,20H,2,7-11H2,1H3. The van der Waals surface area contributed by atoms with Crippen molar-refractivity contribution in [1.29, 1.82) is 0 Å². The van der Waals surface area contributed by atoms with Gasteiger partial charge in [0.1, 0.15) is 0 Å². The molecular formula is C15H20N2O2S. The van der Waals surface area contributed by atoms with Gasteiger partial charge in [-0.3, -0.25) is 9.59 Å². The fourth-order valence-corrected chi connectivity index (χ4v) is 2.53. The van der Waals surface area contributed by atoms with E-state index in [1.54, 1.807) is 6.92 Å². The summed E-state index contributed by atoms with van der Waals surface area (Å²) in [5, 5.41) is 0. The second-order valence-electron chi connectivity index (χ2n) is 5.08. The van der Waals surface area contributed by atoms with Gasteiger partial charge in [0.15, 0.2) is 0 Å². The van der Waals surface area contributed by atoms with Gasteiger partial charge in [0.2, 0.25) is 11.8 Å². The van der Waals surface area contributed by atoms with Crippen LogP contribution in [0.3, 0.4) is 0 Å². The van der Waals surface area contributed by atoms with E-state index >= 15 is 0 Å². The summed E-state index contributed by atoms with van der Waals surface area (Å²) in [6.45, 7) is 4.32. The SMILES string of the molecule is CC(=O)N1CCCN(C(=O)Cc2ccc(S)cc2)CC1. The molecule has 5 heteroatoms. The predicted molar refractivity (Wildman–Crippen MR) is 80.8 cm³/mol. The molecule has 0 aromatic heterocycles. The first kappa shape index (κ1) is 14.9. The zero-order chi connectivity index (χ0) is 14.5. The van der Waals surface area contributed by atoms with Crippen LogP contribution in [0.2, 0.25) is 0 Å². The molecule has 0 radical (unpaired) electrons. The minimum atomic E-state index is 0.0867. The predicted octanol–water partition coefficient (Wildman–Crippen LogP) is 1.60. The van der Waals surface area contributed by atoms with Crippen LogP contribution in [0, 0.1) is 0 Å². The van der Waals surface area contributed by atoms with Gasteiger partial charge < -0.3 is 9.80 Å². The van der Waals surface area contributed by atoms with E-state index in [-0.39, 0.29) is 11.8 Å². The first-order valence-electron chi connectivity index (χ1n) is 6.87. The minimum absolute atomic E-state index is 0.0867. The molecule has 1 aliphatic heterocycles. The van der Waals surface area contributed by atoms with Crippen molar-refractivity contribution in [3.05, 3.63) is 29.8 Å². The lowest BCUT2D eigenvalue weighted by molar-refractivity contribution is -0.132. The number of amides is 2. The Kier molecular flexibility index (Phi) is 5.06. The highest BCUT2D eigenvalue weighted by molar-refractivity contribution is 7.80. The van der Waals surface area contributed by atoms with Crippen molar-refractivity contribution >= 4 is 24.4 Å². The number of carbonyl (C=O) groups is 2. The van der Waals surface area contributed by atoms with Crippen LogP contribution in [0.25, 0.3) is 0 Å². The largest absolute Gasteiger partial charge is 0.341 e. The number of benzene rings is 1. The second kappa shape index (κ2) is 6.79. The molecule has 2 amide bonds. The summed E-state index contributed by atoms with van der Waals surface area (Å²) < 4.78 is 0. The van der Waals surface area contributed by atoms with Gasteiger partial charge in [-0.05, 0) is 24.1 Å². The van der Waals surface area contributed by atoms with Crippen LogP contribution in [0.1, 0.15) is 18.9 Å². The Bertz CT molecular complexity index is 487. The van der Waals surface area contributed by atoms with E-state index in [2.05, 4.69) is 12.6 Å². The highest BCUT2D eigenvalue weighted by Crippen LogP contribution is 2.11. The average Bonchev–Trinajstić information content (AvgIpc) is 2.67. The van der Waals surface area contributed by atoms with Crippen LogP contribution in [0.4, 0.5) is 0 Å². The Balaban J connectivity index is 1.92. The molecule has 1 aromatic rings. The first-order chi connectivity index (χ1) is 9.56. The van der Waals surface area contributed by atoms with Gasteiger partial charge in [-0.1, -0.05) is 12.1 Å². The molecular weight excluding hydrogens is 272 g/mol. The summed E-state index contributed by atoms with van der Waals surface area (Å²) in [5.74, 6) is 0.214. The van der Waals surface area contributed by atoms with Crippen LogP contribution in [0.15, 0.2) is 29.2 Å².